The van der Waals surface area contributed by atoms with Gasteiger partial charge in [0.25, 0.3) is 0 Å². The van der Waals surface area contributed by atoms with E-state index < -0.39 is 0 Å². The van der Waals surface area contributed by atoms with Gasteiger partial charge in [-0.2, -0.15) is 4.98 Å². The Bertz CT molecular complexity index is 440. The molecule has 0 bridgehead atoms. The molecule has 0 aliphatic heterocycles. The number of hydrogen-bond acceptors (Lipinski definition) is 5. The van der Waals surface area contributed by atoms with Crippen molar-refractivity contribution in [2.24, 2.45) is 0 Å². The maximum Gasteiger partial charge on any atom is 0.240 e. The monoisotopic (exact) mass is 218 g/mol. The van der Waals surface area contributed by atoms with Gasteiger partial charge in [0.2, 0.25) is 5.89 Å². The highest BCUT2D eigenvalue weighted by Gasteiger charge is 2.07. The zero-order chi connectivity index (χ0) is 11.4. The highest BCUT2D eigenvalue weighted by atomic mass is 16.5. The molecule has 0 fully saturated rings. The first-order valence-electron chi connectivity index (χ1n) is 5.18. The van der Waals surface area contributed by atoms with E-state index in [-0.39, 0.29) is 6.04 Å². The largest absolute Gasteiger partial charge is 0.338 e. The second-order valence-corrected chi connectivity index (χ2v) is 3.62. The summed E-state index contributed by atoms with van der Waals surface area (Å²) >= 11 is 0. The summed E-state index contributed by atoms with van der Waals surface area (Å²) in [5.41, 5.74) is 1.19. The Morgan fingerprint density at radius 2 is 2.12 bits per heavy atom. The summed E-state index contributed by atoms with van der Waals surface area (Å²) in [5.74, 6) is 1.27. The van der Waals surface area contributed by atoms with Crippen LogP contribution in [0.3, 0.4) is 0 Å². The van der Waals surface area contributed by atoms with Crippen LogP contribution in [-0.4, -0.2) is 15.1 Å². The first-order valence-corrected chi connectivity index (χ1v) is 5.18. The predicted octanol–water partition coefficient (Wildman–Crippen LogP) is 1.62. The number of rotatable bonds is 4. The van der Waals surface area contributed by atoms with E-state index in [9.17, 15) is 0 Å². The van der Waals surface area contributed by atoms with Crippen LogP contribution in [0.25, 0.3) is 0 Å². The molecule has 1 unspecified atom stereocenters. The molecule has 0 aliphatic carbocycles. The third kappa shape index (κ3) is 2.64. The van der Waals surface area contributed by atoms with Crippen LogP contribution in [0, 0.1) is 6.92 Å². The minimum Gasteiger partial charge on any atom is -0.338 e. The van der Waals surface area contributed by atoms with Gasteiger partial charge in [-0.15, -0.1) is 0 Å². The van der Waals surface area contributed by atoms with E-state index in [1.807, 2.05) is 12.1 Å². The SMILES string of the molecule is Cc1noc(CNC(C)c2ccncc2)n1. The molecule has 84 valence electrons. The lowest BCUT2D eigenvalue weighted by Crippen LogP contribution is -2.18. The zero-order valence-corrected chi connectivity index (χ0v) is 9.34. The molecular weight excluding hydrogens is 204 g/mol. The summed E-state index contributed by atoms with van der Waals surface area (Å²) < 4.78 is 5.01. The van der Waals surface area contributed by atoms with Crippen molar-refractivity contribution in [3.63, 3.8) is 0 Å². The van der Waals surface area contributed by atoms with Crippen molar-refractivity contribution < 1.29 is 4.52 Å². The Kier molecular flexibility index (Phi) is 3.26. The van der Waals surface area contributed by atoms with Gasteiger partial charge in [0, 0.05) is 18.4 Å². The van der Waals surface area contributed by atoms with Gasteiger partial charge in [0.15, 0.2) is 5.82 Å². The zero-order valence-electron chi connectivity index (χ0n) is 9.34. The standard InChI is InChI=1S/C11H14N4O/c1-8(10-3-5-12-6-4-10)13-7-11-14-9(2)15-16-11/h3-6,8,13H,7H2,1-2H3. The molecule has 5 heteroatoms. The van der Waals surface area contributed by atoms with Gasteiger partial charge in [-0.25, -0.2) is 0 Å². The van der Waals surface area contributed by atoms with Crippen LogP contribution in [0.2, 0.25) is 0 Å². The van der Waals surface area contributed by atoms with Gasteiger partial charge in [-0.1, -0.05) is 5.16 Å². The van der Waals surface area contributed by atoms with Gasteiger partial charge in [-0.3, -0.25) is 4.98 Å². The lowest BCUT2D eigenvalue weighted by Gasteiger charge is -2.11. The molecule has 0 aromatic carbocycles. The fourth-order valence-corrected chi connectivity index (χ4v) is 1.42. The summed E-state index contributed by atoms with van der Waals surface area (Å²) in [6.07, 6.45) is 3.56. The molecule has 0 saturated carbocycles. The lowest BCUT2D eigenvalue weighted by atomic mass is 10.1. The molecule has 5 nitrogen and oxygen atoms in total. The van der Waals surface area contributed by atoms with Crippen LogP contribution < -0.4 is 5.32 Å². The van der Waals surface area contributed by atoms with Crippen LogP contribution in [-0.2, 0) is 6.54 Å². The highest BCUT2D eigenvalue weighted by molar-refractivity contribution is 5.13. The Labute approximate surface area is 93.9 Å². The van der Waals surface area contributed by atoms with Crippen LogP contribution in [0.5, 0.6) is 0 Å². The number of aromatic nitrogens is 3. The molecule has 0 saturated heterocycles. The molecule has 1 N–H and O–H groups in total. The summed E-state index contributed by atoms with van der Waals surface area (Å²) in [6.45, 7) is 4.46. The number of nitrogens with zero attached hydrogens (tertiary/aromatic N) is 3. The minimum atomic E-state index is 0.232. The second-order valence-electron chi connectivity index (χ2n) is 3.62. The summed E-state index contributed by atoms with van der Waals surface area (Å²) in [4.78, 5) is 8.10. The first-order chi connectivity index (χ1) is 7.75. The van der Waals surface area contributed by atoms with E-state index in [1.165, 1.54) is 5.56 Å². The molecule has 0 amide bonds. The number of hydrogen-bond donors (Lipinski definition) is 1. The maximum absolute atomic E-state index is 5.01. The van der Waals surface area contributed by atoms with E-state index in [1.54, 1.807) is 19.3 Å². The quantitative estimate of drug-likeness (QED) is 0.844. The fourth-order valence-electron chi connectivity index (χ4n) is 1.42. The van der Waals surface area contributed by atoms with Crippen LogP contribution in [0.4, 0.5) is 0 Å². The smallest absolute Gasteiger partial charge is 0.240 e. The van der Waals surface area contributed by atoms with Gasteiger partial charge >= 0.3 is 0 Å². The topological polar surface area (TPSA) is 63.8 Å². The number of pyridine rings is 1. The molecule has 2 aromatic heterocycles. The van der Waals surface area contributed by atoms with E-state index in [2.05, 4.69) is 27.4 Å². The summed E-state index contributed by atoms with van der Waals surface area (Å²) in [5, 5.41) is 7.04. The van der Waals surface area contributed by atoms with Crippen molar-refractivity contribution in [2.45, 2.75) is 26.4 Å². The van der Waals surface area contributed by atoms with Crippen LogP contribution in [0.15, 0.2) is 29.0 Å². The maximum atomic E-state index is 5.01. The Balaban J connectivity index is 1.91. The Morgan fingerprint density at radius 1 is 1.38 bits per heavy atom. The molecule has 2 heterocycles. The molecule has 1 atom stereocenters. The fraction of sp³-hybridized carbons (Fsp3) is 0.364. The first kappa shape index (κ1) is 10.8. The lowest BCUT2D eigenvalue weighted by molar-refractivity contribution is 0.357. The molecule has 0 radical (unpaired) electrons. The van der Waals surface area contributed by atoms with Crippen molar-refractivity contribution >= 4 is 0 Å². The second kappa shape index (κ2) is 4.85. The highest BCUT2D eigenvalue weighted by Crippen LogP contribution is 2.10. The molecule has 0 aliphatic rings. The molecular formula is C11H14N4O. The molecule has 2 aromatic rings. The van der Waals surface area contributed by atoms with Crippen molar-refractivity contribution in [3.05, 3.63) is 41.8 Å². The Hall–Kier alpha value is -1.75. The third-order valence-corrected chi connectivity index (χ3v) is 2.34. The molecule has 0 spiro atoms. The van der Waals surface area contributed by atoms with Crippen LogP contribution >= 0.6 is 0 Å². The summed E-state index contributed by atoms with van der Waals surface area (Å²) in [7, 11) is 0. The van der Waals surface area contributed by atoms with E-state index >= 15 is 0 Å². The van der Waals surface area contributed by atoms with Crippen molar-refractivity contribution in [1.82, 2.24) is 20.4 Å². The summed E-state index contributed by atoms with van der Waals surface area (Å²) in [6, 6.07) is 4.20. The molecule has 2 rings (SSSR count). The Morgan fingerprint density at radius 3 is 2.75 bits per heavy atom. The van der Waals surface area contributed by atoms with Crippen molar-refractivity contribution in [2.75, 3.05) is 0 Å². The average molecular weight is 218 g/mol. The minimum absolute atomic E-state index is 0.232. The van der Waals surface area contributed by atoms with Gasteiger partial charge in [0.1, 0.15) is 0 Å². The van der Waals surface area contributed by atoms with Gasteiger partial charge in [-0.05, 0) is 31.5 Å². The number of nitrogens with one attached hydrogen (secondary N) is 1. The average Bonchev–Trinajstić information content (AvgIpc) is 2.73. The van der Waals surface area contributed by atoms with Crippen molar-refractivity contribution in [3.8, 4) is 0 Å². The number of aryl methyl sites for hydroxylation is 1. The molecule has 16 heavy (non-hydrogen) atoms. The third-order valence-electron chi connectivity index (χ3n) is 2.34. The van der Waals surface area contributed by atoms with Gasteiger partial charge < -0.3 is 9.84 Å². The van der Waals surface area contributed by atoms with E-state index in [0.29, 0.717) is 18.3 Å². The van der Waals surface area contributed by atoms with Crippen molar-refractivity contribution in [1.29, 1.82) is 0 Å². The van der Waals surface area contributed by atoms with E-state index in [0.717, 1.165) is 0 Å². The predicted molar refractivity (Wildman–Crippen MR) is 58.5 cm³/mol. The van der Waals surface area contributed by atoms with E-state index in [4.69, 9.17) is 4.52 Å². The van der Waals surface area contributed by atoms with Crippen LogP contribution in [0.1, 0.15) is 30.2 Å². The normalized spacial score (nSPS) is 12.6. The van der Waals surface area contributed by atoms with Gasteiger partial charge in [0.05, 0.1) is 6.54 Å².